The molecular formula is C21H22F7N7O3. The van der Waals surface area contributed by atoms with Crippen LogP contribution in [0.1, 0.15) is 55.3 Å². The van der Waals surface area contributed by atoms with Gasteiger partial charge in [-0.15, -0.1) is 5.10 Å². The highest BCUT2D eigenvalue weighted by Gasteiger charge is 2.41. The van der Waals surface area contributed by atoms with Crippen LogP contribution in [0.15, 0.2) is 10.9 Å². The van der Waals surface area contributed by atoms with Crippen LogP contribution < -0.4 is 15.7 Å². The normalized spacial score (nSPS) is 13.5. The van der Waals surface area contributed by atoms with Gasteiger partial charge in [0.1, 0.15) is 11.4 Å². The number of carbonyl (C=O) groups is 1. The highest BCUT2D eigenvalue weighted by atomic mass is 19.4. The van der Waals surface area contributed by atoms with Crippen molar-refractivity contribution in [2.45, 2.75) is 58.5 Å². The van der Waals surface area contributed by atoms with Gasteiger partial charge in [-0.25, -0.2) is 9.18 Å². The largest absolute Gasteiger partial charge is 0.464 e. The van der Waals surface area contributed by atoms with Crippen molar-refractivity contribution in [3.8, 4) is 11.7 Å². The van der Waals surface area contributed by atoms with Crippen molar-refractivity contribution in [3.05, 3.63) is 45.1 Å². The number of nitrogens with one attached hydrogen (secondary N) is 2. The van der Waals surface area contributed by atoms with Crippen LogP contribution in [0.3, 0.4) is 0 Å². The van der Waals surface area contributed by atoms with E-state index in [1.54, 1.807) is 20.8 Å². The van der Waals surface area contributed by atoms with E-state index in [1.165, 1.54) is 7.05 Å². The maximum atomic E-state index is 15.2. The Morgan fingerprint density at radius 3 is 2.26 bits per heavy atom. The van der Waals surface area contributed by atoms with Crippen LogP contribution in [0.2, 0.25) is 0 Å². The molecule has 10 nitrogen and oxygen atoms in total. The lowest BCUT2D eigenvalue weighted by Crippen LogP contribution is -2.33. The van der Waals surface area contributed by atoms with Crippen LogP contribution in [0.25, 0.3) is 5.82 Å². The molecule has 3 aromatic rings. The number of alkyl halides is 6. The molecule has 38 heavy (non-hydrogen) atoms. The topological polar surface area (TPSA) is 120 Å². The van der Waals surface area contributed by atoms with Crippen LogP contribution >= 0.6 is 0 Å². The molecule has 1 atom stereocenters. The van der Waals surface area contributed by atoms with Gasteiger partial charge in [0, 0.05) is 12.5 Å². The number of ether oxygens (including phenoxy) is 1. The van der Waals surface area contributed by atoms with Crippen molar-refractivity contribution < 1.29 is 40.3 Å². The average Bonchev–Trinajstić information content (AvgIpc) is 3.27. The van der Waals surface area contributed by atoms with E-state index in [1.807, 2.05) is 10.4 Å². The fourth-order valence-corrected chi connectivity index (χ4v) is 3.29. The minimum atomic E-state index is -5.00. The van der Waals surface area contributed by atoms with Crippen LogP contribution in [0.4, 0.5) is 36.4 Å². The summed E-state index contributed by atoms with van der Waals surface area (Å²) in [4.78, 5) is 29.2. The Morgan fingerprint density at radius 2 is 1.76 bits per heavy atom. The van der Waals surface area contributed by atoms with Gasteiger partial charge >= 0.3 is 18.0 Å². The van der Waals surface area contributed by atoms with Gasteiger partial charge < -0.3 is 10.1 Å². The molecule has 3 heterocycles. The molecular weight excluding hydrogens is 531 g/mol. The Labute approximate surface area is 209 Å². The van der Waals surface area contributed by atoms with E-state index in [0.29, 0.717) is 17.7 Å². The summed E-state index contributed by atoms with van der Waals surface area (Å²) in [6.45, 7) is 6.80. The second-order valence-corrected chi connectivity index (χ2v) is 9.30. The third-order valence-corrected chi connectivity index (χ3v) is 5.22. The average molecular weight is 553 g/mol. The predicted octanol–water partition coefficient (Wildman–Crippen LogP) is 4.03. The van der Waals surface area contributed by atoms with E-state index in [4.69, 9.17) is 4.74 Å². The van der Waals surface area contributed by atoms with Crippen LogP contribution in [0, 0.1) is 12.7 Å². The van der Waals surface area contributed by atoms with Crippen molar-refractivity contribution >= 4 is 11.6 Å². The van der Waals surface area contributed by atoms with Gasteiger partial charge in [0.05, 0.1) is 11.4 Å². The molecule has 0 bridgehead atoms. The molecule has 0 aliphatic carbocycles. The van der Waals surface area contributed by atoms with E-state index in [0.717, 1.165) is 11.5 Å². The molecule has 0 aliphatic heterocycles. The van der Waals surface area contributed by atoms with E-state index < -0.39 is 69.9 Å². The van der Waals surface area contributed by atoms with E-state index in [9.17, 15) is 35.9 Å². The molecule has 0 spiro atoms. The fourth-order valence-electron chi connectivity index (χ4n) is 3.29. The molecule has 208 valence electrons. The number of amides is 1. The lowest BCUT2D eigenvalue weighted by atomic mass is 9.96. The summed E-state index contributed by atoms with van der Waals surface area (Å²) >= 11 is 0. The molecule has 17 heteroatoms. The van der Waals surface area contributed by atoms with Crippen molar-refractivity contribution in [1.82, 2.24) is 29.5 Å². The van der Waals surface area contributed by atoms with Crippen molar-refractivity contribution in [2.75, 3.05) is 5.32 Å². The first-order valence-electron chi connectivity index (χ1n) is 10.8. The zero-order valence-corrected chi connectivity index (χ0v) is 20.8. The van der Waals surface area contributed by atoms with Gasteiger partial charge in [-0.1, -0.05) is 20.8 Å². The second kappa shape index (κ2) is 9.43. The summed E-state index contributed by atoms with van der Waals surface area (Å²) < 4.78 is 101. The smallest absolute Gasteiger partial charge is 0.437 e. The molecule has 0 fully saturated rings. The minimum absolute atomic E-state index is 0.173. The monoisotopic (exact) mass is 553 g/mol. The number of rotatable bonds is 5. The Morgan fingerprint density at radius 1 is 1.16 bits per heavy atom. The number of hydrogen-bond acceptors (Lipinski definition) is 6. The summed E-state index contributed by atoms with van der Waals surface area (Å²) in [5.41, 5.74) is -5.19. The number of H-pyrrole nitrogens is 1. The molecule has 0 aromatic carbocycles. The number of hydrogen-bond donors (Lipinski definition) is 2. The van der Waals surface area contributed by atoms with Gasteiger partial charge in [0.25, 0.3) is 5.91 Å². The summed E-state index contributed by atoms with van der Waals surface area (Å²) in [5, 5.41) is 11.0. The maximum absolute atomic E-state index is 15.2. The molecule has 3 rings (SSSR count). The number of nitrogens with zero attached hydrogens (tertiary/aromatic N) is 5. The first-order valence-corrected chi connectivity index (χ1v) is 10.8. The number of carbonyl (C=O) groups excluding carboxylic acids is 1. The van der Waals surface area contributed by atoms with Gasteiger partial charge in [0.2, 0.25) is 5.88 Å². The number of pyridine rings is 1. The quantitative estimate of drug-likeness (QED) is 0.461. The summed E-state index contributed by atoms with van der Waals surface area (Å²) in [6, 6.07) is 0.386. The van der Waals surface area contributed by atoms with Gasteiger partial charge in [-0.3, -0.25) is 14.5 Å². The molecule has 2 N–H and O–H groups in total. The van der Waals surface area contributed by atoms with E-state index in [2.05, 4.69) is 15.2 Å². The number of aromatic amines is 1. The Bertz CT molecular complexity index is 1430. The first-order chi connectivity index (χ1) is 17.2. The van der Waals surface area contributed by atoms with E-state index in [-0.39, 0.29) is 11.5 Å². The molecule has 3 aromatic heterocycles. The zero-order valence-electron chi connectivity index (χ0n) is 20.8. The predicted molar refractivity (Wildman–Crippen MR) is 118 cm³/mol. The Balaban J connectivity index is 2.18. The van der Waals surface area contributed by atoms with Gasteiger partial charge in [-0.05, 0) is 19.9 Å². The second-order valence-electron chi connectivity index (χ2n) is 9.30. The highest BCUT2D eigenvalue weighted by Crippen LogP contribution is 2.35. The minimum Gasteiger partial charge on any atom is -0.464 e. The molecule has 0 unspecified atom stereocenters. The number of halogens is 7. The van der Waals surface area contributed by atoms with Crippen molar-refractivity contribution in [1.29, 1.82) is 0 Å². The van der Waals surface area contributed by atoms with Crippen LogP contribution in [0.5, 0.6) is 5.88 Å². The fraction of sp³-hybridized carbons (Fsp3) is 0.476. The third-order valence-electron chi connectivity index (χ3n) is 5.22. The maximum Gasteiger partial charge on any atom is 0.437 e. The van der Waals surface area contributed by atoms with Gasteiger partial charge in [-0.2, -0.15) is 41.1 Å². The highest BCUT2D eigenvalue weighted by molar-refractivity contribution is 6.06. The first kappa shape index (κ1) is 28.6. The van der Waals surface area contributed by atoms with Crippen LogP contribution in [-0.4, -0.2) is 47.7 Å². The van der Waals surface area contributed by atoms with Crippen molar-refractivity contribution in [2.24, 2.45) is 7.05 Å². The number of aryl methyl sites for hydroxylation is 1. The number of anilines is 1. The Kier molecular flexibility index (Phi) is 7.11. The van der Waals surface area contributed by atoms with Crippen LogP contribution in [-0.2, 0) is 18.6 Å². The van der Waals surface area contributed by atoms with E-state index >= 15 is 4.39 Å². The van der Waals surface area contributed by atoms with Gasteiger partial charge in [0.15, 0.2) is 23.4 Å². The lowest BCUT2D eigenvalue weighted by Gasteiger charge is -2.19. The third kappa shape index (κ3) is 5.50. The number of aromatic nitrogens is 6. The molecule has 0 saturated heterocycles. The molecule has 0 saturated carbocycles. The van der Waals surface area contributed by atoms with Crippen molar-refractivity contribution in [3.63, 3.8) is 0 Å². The Hall–Kier alpha value is -3.92. The molecule has 0 radical (unpaired) electrons. The SMILES string of the molecule is Cc1[nH]nc(C(F)(F)F)c1NC(=O)c1cc(F)c(-n2nc(C(C)(C)C)n(C)c2=O)nc1O[C@@H](C)C(F)(F)F. The summed E-state index contributed by atoms with van der Waals surface area (Å²) in [5.74, 6) is -4.69. The molecule has 0 aliphatic rings. The molecule has 1 amide bonds. The lowest BCUT2D eigenvalue weighted by molar-refractivity contribution is -0.190. The standard InChI is InChI=1S/C21H22F7N7O3/c1-8-12(13(32-31-8)21(26,27)28)29-15(36)10-7-11(22)14(30-16(10)38-9(2)20(23,24)25)35-18(37)34(6)17(33-35)19(3,4)5/h7,9H,1-6H3,(H,29,36)(H,31,32)/t9-/m0/s1. The zero-order chi connectivity index (χ0) is 29.0. The summed E-state index contributed by atoms with van der Waals surface area (Å²) in [7, 11) is 1.33. The summed E-state index contributed by atoms with van der Waals surface area (Å²) in [6.07, 6.45) is -12.5.